The predicted molar refractivity (Wildman–Crippen MR) is 81.6 cm³/mol. The maximum absolute atomic E-state index is 4.56. The largest absolute Gasteiger partial charge is 0.0654 e. The molecule has 0 aromatic heterocycles. The number of unbranched alkanes of at least 4 members (excludes halogenated alkanes) is 2. The second-order valence-corrected chi connectivity index (χ2v) is 5.69. The van der Waals surface area contributed by atoms with Crippen molar-refractivity contribution in [2.24, 2.45) is 5.41 Å². The van der Waals surface area contributed by atoms with Gasteiger partial charge in [0.15, 0.2) is 0 Å². The summed E-state index contributed by atoms with van der Waals surface area (Å²) in [6.07, 6.45) is 10.2. The lowest BCUT2D eigenvalue weighted by Crippen LogP contribution is -2.18. The Labute approximate surface area is 114 Å². The monoisotopic (exact) mass is 245 g/mol. The number of hydrogen-bond acceptors (Lipinski definition) is 0. The van der Waals surface area contributed by atoms with Crippen molar-refractivity contribution in [3.63, 3.8) is 0 Å². The Kier molecular flexibility index (Phi) is 7.08. The summed E-state index contributed by atoms with van der Waals surface area (Å²) in [6, 6.07) is 10.8. The van der Waals surface area contributed by atoms with Crippen LogP contribution in [0.3, 0.4) is 0 Å². The summed E-state index contributed by atoms with van der Waals surface area (Å²) in [5, 5.41) is 0. The molecule has 0 nitrogen and oxygen atoms in total. The molecule has 0 heteroatoms. The van der Waals surface area contributed by atoms with Crippen LogP contribution in [-0.2, 0) is 6.42 Å². The molecule has 0 saturated heterocycles. The van der Waals surface area contributed by atoms with Crippen molar-refractivity contribution < 1.29 is 0 Å². The molecule has 0 fully saturated rings. The molecular weight excluding hydrogens is 216 g/mol. The number of benzene rings is 1. The van der Waals surface area contributed by atoms with E-state index in [1.54, 1.807) is 0 Å². The Morgan fingerprint density at radius 1 is 0.889 bits per heavy atom. The van der Waals surface area contributed by atoms with E-state index in [1.807, 2.05) is 0 Å². The summed E-state index contributed by atoms with van der Waals surface area (Å²) >= 11 is 0. The van der Waals surface area contributed by atoms with E-state index in [2.05, 4.69) is 51.1 Å². The molecule has 1 rings (SSSR count). The van der Waals surface area contributed by atoms with Crippen LogP contribution in [-0.4, -0.2) is 0 Å². The first-order valence-corrected chi connectivity index (χ1v) is 7.59. The second kappa shape index (κ2) is 8.34. The van der Waals surface area contributed by atoms with Gasteiger partial charge in [0.2, 0.25) is 0 Å². The lowest BCUT2D eigenvalue weighted by Gasteiger charge is -2.29. The third kappa shape index (κ3) is 5.71. The molecule has 101 valence electrons. The summed E-state index contributed by atoms with van der Waals surface area (Å²) in [6.45, 7) is 9.11. The van der Waals surface area contributed by atoms with E-state index in [-0.39, 0.29) is 0 Å². The van der Waals surface area contributed by atoms with Crippen molar-refractivity contribution in [3.05, 3.63) is 42.8 Å². The SMILES string of the molecule is [CH2]C(CCCC)(CCCC)CCc1ccccc1. The first-order chi connectivity index (χ1) is 8.70. The molecule has 0 bridgehead atoms. The maximum atomic E-state index is 4.56. The molecule has 0 aliphatic carbocycles. The molecule has 0 unspecified atom stereocenters. The van der Waals surface area contributed by atoms with Gasteiger partial charge in [0.05, 0.1) is 0 Å². The summed E-state index contributed by atoms with van der Waals surface area (Å²) in [5.74, 6) is 0. The van der Waals surface area contributed by atoms with E-state index < -0.39 is 0 Å². The van der Waals surface area contributed by atoms with Gasteiger partial charge < -0.3 is 0 Å². The van der Waals surface area contributed by atoms with Crippen molar-refractivity contribution in [1.82, 2.24) is 0 Å². The minimum Gasteiger partial charge on any atom is -0.0654 e. The highest BCUT2D eigenvalue weighted by Crippen LogP contribution is 2.35. The summed E-state index contributed by atoms with van der Waals surface area (Å²) in [4.78, 5) is 0. The number of aryl methyl sites for hydroxylation is 1. The van der Waals surface area contributed by atoms with Crippen LogP contribution in [0.5, 0.6) is 0 Å². The van der Waals surface area contributed by atoms with Crippen LogP contribution in [0.15, 0.2) is 30.3 Å². The van der Waals surface area contributed by atoms with Crippen LogP contribution < -0.4 is 0 Å². The van der Waals surface area contributed by atoms with E-state index in [9.17, 15) is 0 Å². The predicted octanol–water partition coefficient (Wildman–Crippen LogP) is 5.82. The zero-order chi connectivity index (χ0) is 13.3. The minimum absolute atomic E-state index is 0.307. The highest BCUT2D eigenvalue weighted by Gasteiger charge is 2.22. The van der Waals surface area contributed by atoms with Crippen LogP contribution in [0.1, 0.15) is 64.4 Å². The average Bonchev–Trinajstić information content (AvgIpc) is 2.42. The van der Waals surface area contributed by atoms with Crippen molar-refractivity contribution in [3.8, 4) is 0 Å². The molecular formula is C18H29. The third-order valence-electron chi connectivity index (χ3n) is 3.91. The lowest BCUT2D eigenvalue weighted by molar-refractivity contribution is 0.276. The van der Waals surface area contributed by atoms with Crippen LogP contribution in [0.4, 0.5) is 0 Å². The van der Waals surface area contributed by atoms with E-state index in [4.69, 9.17) is 0 Å². The lowest BCUT2D eigenvalue weighted by atomic mass is 9.76. The van der Waals surface area contributed by atoms with Gasteiger partial charge in [-0.05, 0) is 43.6 Å². The first-order valence-electron chi connectivity index (χ1n) is 7.59. The van der Waals surface area contributed by atoms with Crippen LogP contribution in [0, 0.1) is 12.3 Å². The first kappa shape index (κ1) is 15.3. The Balaban J connectivity index is 2.49. The minimum atomic E-state index is 0.307. The van der Waals surface area contributed by atoms with Crippen LogP contribution in [0.25, 0.3) is 0 Å². The van der Waals surface area contributed by atoms with Crippen molar-refractivity contribution in [1.29, 1.82) is 0 Å². The Morgan fingerprint density at radius 3 is 1.94 bits per heavy atom. The van der Waals surface area contributed by atoms with Gasteiger partial charge in [-0.2, -0.15) is 0 Å². The topological polar surface area (TPSA) is 0 Å². The van der Waals surface area contributed by atoms with Crippen molar-refractivity contribution in [2.75, 3.05) is 0 Å². The van der Waals surface area contributed by atoms with E-state index in [1.165, 1.54) is 56.9 Å². The maximum Gasteiger partial charge on any atom is -0.0274 e. The molecule has 1 radical (unpaired) electrons. The zero-order valence-corrected chi connectivity index (χ0v) is 12.3. The Morgan fingerprint density at radius 2 is 1.44 bits per heavy atom. The smallest absolute Gasteiger partial charge is 0.0274 e. The van der Waals surface area contributed by atoms with Gasteiger partial charge in [-0.1, -0.05) is 69.9 Å². The number of rotatable bonds is 9. The third-order valence-corrected chi connectivity index (χ3v) is 3.91. The number of hydrogen-bond donors (Lipinski definition) is 0. The van der Waals surface area contributed by atoms with Gasteiger partial charge in [0, 0.05) is 0 Å². The molecule has 0 N–H and O–H groups in total. The molecule has 0 atom stereocenters. The summed E-state index contributed by atoms with van der Waals surface area (Å²) in [7, 11) is 0. The van der Waals surface area contributed by atoms with E-state index >= 15 is 0 Å². The molecule has 0 amide bonds. The Hall–Kier alpha value is -0.780. The van der Waals surface area contributed by atoms with Crippen LogP contribution >= 0.6 is 0 Å². The second-order valence-electron chi connectivity index (χ2n) is 5.69. The fourth-order valence-electron chi connectivity index (χ4n) is 2.53. The highest BCUT2D eigenvalue weighted by molar-refractivity contribution is 5.15. The molecule has 1 aromatic rings. The quantitative estimate of drug-likeness (QED) is 0.514. The van der Waals surface area contributed by atoms with Gasteiger partial charge in [-0.15, -0.1) is 0 Å². The highest BCUT2D eigenvalue weighted by atomic mass is 14.3. The van der Waals surface area contributed by atoms with Gasteiger partial charge >= 0.3 is 0 Å². The molecule has 0 saturated carbocycles. The van der Waals surface area contributed by atoms with E-state index in [0.717, 1.165) is 0 Å². The molecule has 18 heavy (non-hydrogen) atoms. The molecule has 0 aliphatic heterocycles. The normalized spacial score (nSPS) is 11.7. The van der Waals surface area contributed by atoms with Crippen molar-refractivity contribution >= 4 is 0 Å². The van der Waals surface area contributed by atoms with Crippen molar-refractivity contribution in [2.45, 2.75) is 65.2 Å². The van der Waals surface area contributed by atoms with E-state index in [0.29, 0.717) is 5.41 Å². The summed E-state index contributed by atoms with van der Waals surface area (Å²) in [5.41, 5.74) is 1.76. The average molecular weight is 245 g/mol. The van der Waals surface area contributed by atoms with Gasteiger partial charge in [-0.3, -0.25) is 0 Å². The fraction of sp³-hybridized carbons (Fsp3) is 0.611. The molecule has 1 aromatic carbocycles. The molecule has 0 aliphatic rings. The van der Waals surface area contributed by atoms with Gasteiger partial charge in [0.1, 0.15) is 0 Å². The standard InChI is InChI=1S/C18H29/c1-4-6-14-18(3,15-7-5-2)16-13-17-11-9-8-10-12-17/h8-12H,3-7,13-16H2,1-2H3. The zero-order valence-electron chi connectivity index (χ0n) is 12.3. The van der Waals surface area contributed by atoms with Gasteiger partial charge in [-0.25, -0.2) is 0 Å². The summed E-state index contributed by atoms with van der Waals surface area (Å²) < 4.78 is 0. The molecule has 0 heterocycles. The molecule has 0 spiro atoms. The van der Waals surface area contributed by atoms with Crippen LogP contribution in [0.2, 0.25) is 0 Å². The van der Waals surface area contributed by atoms with Gasteiger partial charge in [0.25, 0.3) is 0 Å². The fourth-order valence-corrected chi connectivity index (χ4v) is 2.53. The Bertz CT molecular complexity index is 291.